The van der Waals surface area contributed by atoms with Gasteiger partial charge in [-0.05, 0) is 33.3 Å². The minimum absolute atomic E-state index is 0.00327. The number of hydrogen-bond acceptors (Lipinski definition) is 8. The summed E-state index contributed by atoms with van der Waals surface area (Å²) in [6, 6.07) is -0.973. The van der Waals surface area contributed by atoms with Crippen molar-refractivity contribution in [2.75, 3.05) is 19.8 Å². The van der Waals surface area contributed by atoms with Crippen LogP contribution in [0.2, 0.25) is 0 Å². The molecule has 3 N–H and O–H groups in total. The summed E-state index contributed by atoms with van der Waals surface area (Å²) < 4.78 is 14.4. The summed E-state index contributed by atoms with van der Waals surface area (Å²) in [5.74, 6) is -2.63. The number of nitrogens with two attached hydrogens (primary N) is 1. The van der Waals surface area contributed by atoms with Gasteiger partial charge in [-0.3, -0.25) is 9.59 Å². The summed E-state index contributed by atoms with van der Waals surface area (Å²) in [5, 5.41) is 2.12. The molecule has 0 aromatic rings. The standard InChI is InChI=1S/C15H24N2O7/c1-4-22-12(19)11(16)8-7-9-15(17-10-18,13(20)23-5-2)14(21)24-6-3/h7,9-11H,4-6,8,16H2,1-3H3,(H,17,18)/b9-7+. The van der Waals surface area contributed by atoms with E-state index in [0.29, 0.717) is 0 Å². The van der Waals surface area contributed by atoms with E-state index in [2.05, 4.69) is 5.32 Å². The maximum absolute atomic E-state index is 12.2. The Balaban J connectivity index is 5.39. The van der Waals surface area contributed by atoms with Crippen molar-refractivity contribution in [3.05, 3.63) is 12.2 Å². The van der Waals surface area contributed by atoms with Gasteiger partial charge in [0.25, 0.3) is 5.54 Å². The average molecular weight is 344 g/mol. The van der Waals surface area contributed by atoms with Crippen molar-refractivity contribution in [2.24, 2.45) is 5.73 Å². The summed E-state index contributed by atoms with van der Waals surface area (Å²) in [6.45, 7) is 4.91. The van der Waals surface area contributed by atoms with Crippen LogP contribution in [0.1, 0.15) is 27.2 Å². The van der Waals surface area contributed by atoms with E-state index >= 15 is 0 Å². The van der Waals surface area contributed by atoms with Crippen molar-refractivity contribution < 1.29 is 33.4 Å². The molecule has 0 aromatic carbocycles. The minimum atomic E-state index is -2.14. The Kier molecular flexibility index (Phi) is 10.0. The molecule has 9 heteroatoms. The molecule has 0 heterocycles. The highest BCUT2D eigenvalue weighted by Gasteiger charge is 2.46. The molecular weight excluding hydrogens is 320 g/mol. The molecule has 0 fully saturated rings. The number of carbonyl (C=O) groups excluding carboxylic acids is 4. The minimum Gasteiger partial charge on any atom is -0.465 e. The van der Waals surface area contributed by atoms with Crippen LogP contribution in [0.15, 0.2) is 12.2 Å². The fourth-order valence-electron chi connectivity index (χ4n) is 1.71. The van der Waals surface area contributed by atoms with Crippen molar-refractivity contribution in [1.82, 2.24) is 5.32 Å². The molecule has 0 saturated carbocycles. The van der Waals surface area contributed by atoms with Crippen molar-refractivity contribution in [3.63, 3.8) is 0 Å². The van der Waals surface area contributed by atoms with Crippen molar-refractivity contribution in [1.29, 1.82) is 0 Å². The van der Waals surface area contributed by atoms with Crippen molar-refractivity contribution >= 4 is 24.3 Å². The molecule has 9 nitrogen and oxygen atoms in total. The Labute approximate surface area is 140 Å². The van der Waals surface area contributed by atoms with Gasteiger partial charge in [0.05, 0.1) is 19.8 Å². The number of hydrogen-bond donors (Lipinski definition) is 2. The third kappa shape index (κ3) is 5.99. The first kappa shape index (κ1) is 21.6. The SMILES string of the molecule is CCOC(=O)C(N)C/C=C/C(NC=O)(C(=O)OCC)C(=O)OCC. The highest BCUT2D eigenvalue weighted by Crippen LogP contribution is 2.14. The Morgan fingerprint density at radius 2 is 1.54 bits per heavy atom. The molecule has 1 unspecified atom stereocenters. The van der Waals surface area contributed by atoms with Gasteiger partial charge in [-0.1, -0.05) is 6.08 Å². The van der Waals surface area contributed by atoms with Crippen LogP contribution in [-0.4, -0.2) is 55.7 Å². The molecule has 136 valence electrons. The average Bonchev–Trinajstić information content (AvgIpc) is 2.54. The van der Waals surface area contributed by atoms with E-state index < -0.39 is 29.5 Å². The third-order valence-electron chi connectivity index (χ3n) is 2.83. The van der Waals surface area contributed by atoms with E-state index in [-0.39, 0.29) is 32.7 Å². The maximum atomic E-state index is 12.2. The molecule has 0 bridgehead atoms. The first-order valence-electron chi connectivity index (χ1n) is 7.55. The molecule has 0 aromatic heterocycles. The predicted octanol–water partition coefficient (Wildman–Crippen LogP) is -0.566. The fourth-order valence-corrected chi connectivity index (χ4v) is 1.71. The number of esters is 3. The van der Waals surface area contributed by atoms with Gasteiger partial charge in [-0.2, -0.15) is 0 Å². The van der Waals surface area contributed by atoms with Gasteiger partial charge in [0, 0.05) is 0 Å². The Hall–Kier alpha value is -2.42. The molecular formula is C15H24N2O7. The zero-order chi connectivity index (χ0) is 18.6. The quantitative estimate of drug-likeness (QED) is 0.167. The second-order valence-electron chi connectivity index (χ2n) is 4.51. The zero-order valence-corrected chi connectivity index (χ0v) is 14.1. The van der Waals surface area contributed by atoms with Gasteiger partial charge in [-0.25, -0.2) is 9.59 Å². The van der Waals surface area contributed by atoms with E-state index in [1.807, 2.05) is 0 Å². The van der Waals surface area contributed by atoms with E-state index in [1.54, 1.807) is 20.8 Å². The third-order valence-corrected chi connectivity index (χ3v) is 2.83. The molecule has 0 spiro atoms. The monoisotopic (exact) mass is 344 g/mol. The normalized spacial score (nSPS) is 12.3. The number of amides is 1. The molecule has 1 amide bonds. The number of nitrogens with one attached hydrogen (secondary N) is 1. The van der Waals surface area contributed by atoms with Gasteiger partial charge < -0.3 is 25.3 Å². The predicted molar refractivity (Wildman–Crippen MR) is 83.6 cm³/mol. The largest absolute Gasteiger partial charge is 0.465 e. The highest BCUT2D eigenvalue weighted by atomic mass is 16.6. The molecule has 0 radical (unpaired) electrons. The smallest absolute Gasteiger partial charge is 0.347 e. The van der Waals surface area contributed by atoms with Crippen LogP contribution in [0.3, 0.4) is 0 Å². The van der Waals surface area contributed by atoms with Gasteiger partial charge >= 0.3 is 17.9 Å². The molecule has 0 rings (SSSR count). The first-order valence-corrected chi connectivity index (χ1v) is 7.55. The fraction of sp³-hybridized carbons (Fsp3) is 0.600. The zero-order valence-electron chi connectivity index (χ0n) is 14.1. The Morgan fingerprint density at radius 3 is 1.96 bits per heavy atom. The molecule has 0 aliphatic rings. The summed E-state index contributed by atoms with van der Waals surface area (Å²) in [7, 11) is 0. The van der Waals surface area contributed by atoms with Crippen LogP contribution >= 0.6 is 0 Å². The van der Waals surface area contributed by atoms with Crippen LogP contribution in [0, 0.1) is 0 Å². The summed E-state index contributed by atoms with van der Waals surface area (Å²) in [5.41, 5.74) is 3.49. The lowest BCUT2D eigenvalue weighted by atomic mass is 9.98. The van der Waals surface area contributed by atoms with Crippen LogP contribution in [0.25, 0.3) is 0 Å². The molecule has 0 aliphatic heterocycles. The van der Waals surface area contributed by atoms with Gasteiger partial charge in [0.2, 0.25) is 6.41 Å². The van der Waals surface area contributed by atoms with Crippen molar-refractivity contribution in [3.8, 4) is 0 Å². The molecule has 1 atom stereocenters. The van der Waals surface area contributed by atoms with Crippen LogP contribution < -0.4 is 11.1 Å². The van der Waals surface area contributed by atoms with Gasteiger partial charge in [0.15, 0.2) is 0 Å². The van der Waals surface area contributed by atoms with Crippen LogP contribution in [-0.2, 0) is 33.4 Å². The number of ether oxygens (including phenoxy) is 3. The number of carbonyl (C=O) groups is 4. The van der Waals surface area contributed by atoms with E-state index in [4.69, 9.17) is 19.9 Å². The van der Waals surface area contributed by atoms with Crippen LogP contribution in [0.5, 0.6) is 0 Å². The second kappa shape index (κ2) is 11.2. The van der Waals surface area contributed by atoms with Crippen LogP contribution in [0.4, 0.5) is 0 Å². The molecule has 0 aliphatic carbocycles. The lowest BCUT2D eigenvalue weighted by Gasteiger charge is -2.25. The Morgan fingerprint density at radius 1 is 1.04 bits per heavy atom. The lowest BCUT2D eigenvalue weighted by molar-refractivity contribution is -0.163. The van der Waals surface area contributed by atoms with Crippen molar-refractivity contribution in [2.45, 2.75) is 38.8 Å². The van der Waals surface area contributed by atoms with E-state index in [9.17, 15) is 19.2 Å². The molecule has 0 saturated heterocycles. The second-order valence-corrected chi connectivity index (χ2v) is 4.51. The highest BCUT2D eigenvalue weighted by molar-refractivity contribution is 6.08. The Bertz CT molecular complexity index is 458. The lowest BCUT2D eigenvalue weighted by Crippen LogP contribution is -2.58. The van der Waals surface area contributed by atoms with Gasteiger partial charge in [0.1, 0.15) is 6.04 Å². The van der Waals surface area contributed by atoms with E-state index in [0.717, 1.165) is 6.08 Å². The van der Waals surface area contributed by atoms with E-state index in [1.165, 1.54) is 6.08 Å². The van der Waals surface area contributed by atoms with Gasteiger partial charge in [-0.15, -0.1) is 0 Å². The summed E-state index contributed by atoms with van der Waals surface area (Å²) in [4.78, 5) is 46.7. The topological polar surface area (TPSA) is 134 Å². The first-order chi connectivity index (χ1) is 11.4. The molecule has 24 heavy (non-hydrogen) atoms. The maximum Gasteiger partial charge on any atom is 0.347 e. The summed E-state index contributed by atoms with van der Waals surface area (Å²) >= 11 is 0. The summed E-state index contributed by atoms with van der Waals surface area (Å²) in [6.07, 6.45) is 2.58. The number of rotatable bonds is 11.